The van der Waals surface area contributed by atoms with Gasteiger partial charge in [0, 0.05) is 30.4 Å². The van der Waals surface area contributed by atoms with E-state index < -0.39 is 0 Å². The van der Waals surface area contributed by atoms with E-state index in [1.165, 1.54) is 16.7 Å². The van der Waals surface area contributed by atoms with Gasteiger partial charge in [-0.05, 0) is 36.1 Å². The third-order valence-corrected chi connectivity index (χ3v) is 4.13. The third kappa shape index (κ3) is 4.51. The third-order valence-electron chi connectivity index (χ3n) is 3.04. The zero-order chi connectivity index (χ0) is 13.7. The van der Waals surface area contributed by atoms with Gasteiger partial charge in [-0.25, -0.2) is 0 Å². The van der Waals surface area contributed by atoms with Crippen molar-refractivity contribution in [2.24, 2.45) is 0 Å². The molecule has 3 heteroatoms. The van der Waals surface area contributed by atoms with Crippen LogP contribution in [-0.4, -0.2) is 34.5 Å². The molecule has 1 heterocycles. The highest BCUT2D eigenvalue weighted by molar-refractivity contribution is 7.99. The smallest absolute Gasteiger partial charge is 0.0702 e. The van der Waals surface area contributed by atoms with Gasteiger partial charge in [0.25, 0.3) is 0 Å². The predicted octanol–water partition coefficient (Wildman–Crippen LogP) is 3.81. The van der Waals surface area contributed by atoms with Crippen molar-refractivity contribution in [2.75, 3.05) is 19.3 Å². The van der Waals surface area contributed by atoms with Crippen LogP contribution in [0.25, 0.3) is 10.9 Å². The van der Waals surface area contributed by atoms with Crippen LogP contribution in [0, 0.1) is 0 Å². The summed E-state index contributed by atoms with van der Waals surface area (Å²) in [6, 6.07) is 10.7. The maximum atomic E-state index is 4.35. The van der Waals surface area contributed by atoms with Crippen molar-refractivity contribution in [2.45, 2.75) is 25.6 Å². The number of benzene rings is 1. The van der Waals surface area contributed by atoms with E-state index in [1.54, 1.807) is 0 Å². The Labute approximate surface area is 120 Å². The Bertz CT molecular complexity index is 525. The molecule has 0 fully saturated rings. The van der Waals surface area contributed by atoms with Gasteiger partial charge in [-0.15, -0.1) is 0 Å². The first-order valence-corrected chi connectivity index (χ1v) is 7.84. The SMILES string of the molecule is CC(C)SCCN(C)Cc1ccc2ncccc2c1. The topological polar surface area (TPSA) is 16.1 Å². The van der Waals surface area contributed by atoms with Crippen molar-refractivity contribution in [1.29, 1.82) is 0 Å². The van der Waals surface area contributed by atoms with Gasteiger partial charge < -0.3 is 4.90 Å². The Hall–Kier alpha value is -1.06. The molecule has 2 nitrogen and oxygen atoms in total. The van der Waals surface area contributed by atoms with E-state index >= 15 is 0 Å². The zero-order valence-electron chi connectivity index (χ0n) is 12.0. The van der Waals surface area contributed by atoms with E-state index in [1.807, 2.05) is 24.0 Å². The molecule has 0 radical (unpaired) electrons. The second-order valence-electron chi connectivity index (χ2n) is 5.19. The van der Waals surface area contributed by atoms with Crippen LogP contribution in [-0.2, 0) is 6.54 Å². The van der Waals surface area contributed by atoms with Gasteiger partial charge >= 0.3 is 0 Å². The van der Waals surface area contributed by atoms with Crippen LogP contribution >= 0.6 is 11.8 Å². The van der Waals surface area contributed by atoms with Crippen molar-refractivity contribution < 1.29 is 0 Å². The number of fused-ring (bicyclic) bond motifs is 1. The molecule has 2 rings (SSSR count). The molecule has 2 aromatic rings. The summed E-state index contributed by atoms with van der Waals surface area (Å²) in [7, 11) is 2.19. The van der Waals surface area contributed by atoms with Crippen molar-refractivity contribution >= 4 is 22.7 Å². The fourth-order valence-electron chi connectivity index (χ4n) is 2.06. The van der Waals surface area contributed by atoms with Gasteiger partial charge in [-0.3, -0.25) is 4.98 Å². The number of rotatable bonds is 6. The molecule has 102 valence electrons. The fourth-order valence-corrected chi connectivity index (χ4v) is 2.95. The Kier molecular flexibility index (Phi) is 5.23. The first-order valence-electron chi connectivity index (χ1n) is 6.79. The van der Waals surface area contributed by atoms with Crippen molar-refractivity contribution in [3.63, 3.8) is 0 Å². The number of pyridine rings is 1. The Morgan fingerprint density at radius 2 is 2.11 bits per heavy atom. The molecule has 0 spiro atoms. The molecule has 0 aliphatic heterocycles. The quantitative estimate of drug-likeness (QED) is 0.797. The van der Waals surface area contributed by atoms with E-state index in [9.17, 15) is 0 Å². The van der Waals surface area contributed by atoms with Crippen LogP contribution in [0.2, 0.25) is 0 Å². The molecule has 0 amide bonds. The van der Waals surface area contributed by atoms with Gasteiger partial charge in [0.2, 0.25) is 0 Å². The highest BCUT2D eigenvalue weighted by Gasteiger charge is 2.03. The molecule has 19 heavy (non-hydrogen) atoms. The Balaban J connectivity index is 1.93. The highest BCUT2D eigenvalue weighted by atomic mass is 32.2. The molecule has 0 bridgehead atoms. The van der Waals surface area contributed by atoms with Crippen molar-refractivity contribution in [1.82, 2.24) is 9.88 Å². The Morgan fingerprint density at radius 1 is 1.26 bits per heavy atom. The number of thioether (sulfide) groups is 1. The molecule has 0 N–H and O–H groups in total. The van der Waals surface area contributed by atoms with Crippen LogP contribution in [0.1, 0.15) is 19.4 Å². The molecule has 1 aromatic carbocycles. The summed E-state index contributed by atoms with van der Waals surface area (Å²) in [5.74, 6) is 1.20. The van der Waals surface area contributed by atoms with Crippen LogP contribution in [0.3, 0.4) is 0 Å². The van der Waals surface area contributed by atoms with Gasteiger partial charge in [0.1, 0.15) is 0 Å². The summed E-state index contributed by atoms with van der Waals surface area (Å²) < 4.78 is 0. The monoisotopic (exact) mass is 274 g/mol. The Morgan fingerprint density at radius 3 is 2.89 bits per heavy atom. The average Bonchev–Trinajstić information content (AvgIpc) is 2.38. The largest absolute Gasteiger partial charge is 0.301 e. The normalized spacial score (nSPS) is 11.6. The van der Waals surface area contributed by atoms with Gasteiger partial charge in [0.15, 0.2) is 0 Å². The lowest BCUT2D eigenvalue weighted by Gasteiger charge is -2.17. The maximum Gasteiger partial charge on any atom is 0.0702 e. The summed E-state index contributed by atoms with van der Waals surface area (Å²) >= 11 is 2.02. The highest BCUT2D eigenvalue weighted by Crippen LogP contribution is 2.15. The number of hydrogen-bond donors (Lipinski definition) is 0. The van der Waals surface area contributed by atoms with Crippen molar-refractivity contribution in [3.8, 4) is 0 Å². The lowest BCUT2D eigenvalue weighted by atomic mass is 10.1. The van der Waals surface area contributed by atoms with E-state index in [4.69, 9.17) is 0 Å². The van der Waals surface area contributed by atoms with Crippen LogP contribution in [0.4, 0.5) is 0 Å². The molecule has 0 aliphatic carbocycles. The summed E-state index contributed by atoms with van der Waals surface area (Å²) in [5, 5.41) is 1.95. The summed E-state index contributed by atoms with van der Waals surface area (Å²) in [6.07, 6.45) is 1.84. The zero-order valence-corrected chi connectivity index (χ0v) is 12.8. The van der Waals surface area contributed by atoms with Crippen LogP contribution < -0.4 is 0 Å². The van der Waals surface area contributed by atoms with Crippen LogP contribution in [0.15, 0.2) is 36.5 Å². The molecule has 1 aromatic heterocycles. The van der Waals surface area contributed by atoms with Gasteiger partial charge in [-0.2, -0.15) is 11.8 Å². The molecular weight excluding hydrogens is 252 g/mol. The summed E-state index contributed by atoms with van der Waals surface area (Å²) in [4.78, 5) is 6.74. The first-order chi connectivity index (χ1) is 9.15. The van der Waals surface area contributed by atoms with E-state index in [-0.39, 0.29) is 0 Å². The molecule has 0 saturated carbocycles. The number of hydrogen-bond acceptors (Lipinski definition) is 3. The summed E-state index contributed by atoms with van der Waals surface area (Å²) in [6.45, 7) is 6.64. The lowest BCUT2D eigenvalue weighted by molar-refractivity contribution is 0.349. The second-order valence-corrected chi connectivity index (χ2v) is 6.87. The maximum absolute atomic E-state index is 4.35. The average molecular weight is 274 g/mol. The molecule has 0 unspecified atom stereocenters. The standard InChI is InChI=1S/C16H22N2S/c1-13(2)19-10-9-18(3)12-14-6-7-16-15(11-14)5-4-8-17-16/h4-8,11,13H,9-10,12H2,1-3H3. The summed E-state index contributed by atoms with van der Waals surface area (Å²) in [5.41, 5.74) is 2.43. The molecular formula is C16H22N2S. The lowest BCUT2D eigenvalue weighted by Crippen LogP contribution is -2.21. The second kappa shape index (κ2) is 6.92. The van der Waals surface area contributed by atoms with Gasteiger partial charge in [-0.1, -0.05) is 26.0 Å². The van der Waals surface area contributed by atoms with E-state index in [2.05, 4.69) is 55.0 Å². The predicted molar refractivity (Wildman–Crippen MR) is 85.7 cm³/mol. The number of nitrogens with zero attached hydrogens (tertiary/aromatic N) is 2. The molecule has 0 saturated heterocycles. The number of aromatic nitrogens is 1. The van der Waals surface area contributed by atoms with Gasteiger partial charge in [0.05, 0.1) is 5.52 Å². The van der Waals surface area contributed by atoms with Crippen molar-refractivity contribution in [3.05, 3.63) is 42.1 Å². The molecule has 0 aliphatic rings. The van der Waals surface area contributed by atoms with E-state index in [0.717, 1.165) is 23.9 Å². The minimum absolute atomic E-state index is 0.722. The first kappa shape index (κ1) is 14.4. The minimum Gasteiger partial charge on any atom is -0.301 e. The molecule has 0 atom stereocenters. The fraction of sp³-hybridized carbons (Fsp3) is 0.438. The van der Waals surface area contributed by atoms with E-state index in [0.29, 0.717) is 0 Å². The minimum atomic E-state index is 0.722. The van der Waals surface area contributed by atoms with Crippen LogP contribution in [0.5, 0.6) is 0 Å².